The van der Waals surface area contributed by atoms with Crippen LogP contribution in [0.3, 0.4) is 0 Å². The van der Waals surface area contributed by atoms with Gasteiger partial charge in [0.1, 0.15) is 16.9 Å². The Hall–Kier alpha value is -3.58. The monoisotopic (exact) mass is 403 g/mol. The van der Waals surface area contributed by atoms with Crippen molar-refractivity contribution in [3.63, 3.8) is 0 Å². The van der Waals surface area contributed by atoms with Crippen LogP contribution in [0.15, 0.2) is 81.8 Å². The second-order valence-corrected chi connectivity index (χ2v) is 7.39. The first-order valence-corrected chi connectivity index (χ1v) is 9.79. The third-order valence-corrected chi connectivity index (χ3v) is 5.49. The van der Waals surface area contributed by atoms with Crippen LogP contribution in [-0.2, 0) is 6.54 Å². The zero-order valence-electron chi connectivity index (χ0n) is 15.1. The summed E-state index contributed by atoms with van der Waals surface area (Å²) < 4.78 is 20.4. The molecule has 0 aliphatic carbocycles. The van der Waals surface area contributed by atoms with Crippen molar-refractivity contribution in [2.75, 3.05) is 0 Å². The maximum absolute atomic E-state index is 13.4. The van der Waals surface area contributed by atoms with Gasteiger partial charge in [-0.25, -0.2) is 14.4 Å². The van der Waals surface area contributed by atoms with Crippen LogP contribution in [0.5, 0.6) is 0 Å². The molecule has 5 rings (SSSR count). The summed E-state index contributed by atoms with van der Waals surface area (Å²) in [5.41, 5.74) is 2.82. The molecule has 5 aromatic rings. The Balaban J connectivity index is 1.52. The summed E-state index contributed by atoms with van der Waals surface area (Å²) in [7, 11) is 0. The van der Waals surface area contributed by atoms with Crippen molar-refractivity contribution in [3.8, 4) is 22.6 Å². The second kappa shape index (κ2) is 7.10. The molecule has 0 aliphatic rings. The lowest BCUT2D eigenvalue weighted by molar-refractivity contribution is 0.569. The summed E-state index contributed by atoms with van der Waals surface area (Å²) in [4.78, 5) is 22.7. The van der Waals surface area contributed by atoms with Crippen LogP contribution in [0.1, 0.15) is 5.69 Å². The topological polar surface area (TPSA) is 60.9 Å². The maximum atomic E-state index is 13.4. The fourth-order valence-corrected chi connectivity index (χ4v) is 4.13. The van der Waals surface area contributed by atoms with Gasteiger partial charge in [-0.15, -0.1) is 11.3 Å². The highest BCUT2D eigenvalue weighted by molar-refractivity contribution is 7.17. The van der Waals surface area contributed by atoms with Gasteiger partial charge in [0.05, 0.1) is 24.0 Å². The fraction of sp³-hybridized carbons (Fsp3) is 0.0455. The lowest BCUT2D eigenvalue weighted by Crippen LogP contribution is -2.21. The largest absolute Gasteiger partial charge is 0.444 e. The molecule has 0 saturated carbocycles. The van der Waals surface area contributed by atoms with E-state index in [0.29, 0.717) is 27.4 Å². The number of benzene rings is 2. The number of hydrogen-bond acceptors (Lipinski definition) is 5. The van der Waals surface area contributed by atoms with E-state index >= 15 is 0 Å². The van der Waals surface area contributed by atoms with E-state index in [9.17, 15) is 9.18 Å². The van der Waals surface area contributed by atoms with Crippen LogP contribution >= 0.6 is 11.3 Å². The Bertz CT molecular complexity index is 1370. The van der Waals surface area contributed by atoms with Gasteiger partial charge >= 0.3 is 0 Å². The van der Waals surface area contributed by atoms with E-state index in [1.165, 1.54) is 40.6 Å². The molecule has 3 aromatic heterocycles. The minimum Gasteiger partial charge on any atom is -0.444 e. The third kappa shape index (κ3) is 3.25. The molecule has 0 spiro atoms. The van der Waals surface area contributed by atoms with E-state index in [1.807, 2.05) is 35.7 Å². The van der Waals surface area contributed by atoms with Crippen LogP contribution in [0.4, 0.5) is 4.39 Å². The molecule has 0 radical (unpaired) electrons. The van der Waals surface area contributed by atoms with Crippen LogP contribution in [0, 0.1) is 5.82 Å². The van der Waals surface area contributed by atoms with E-state index in [2.05, 4.69) is 9.97 Å². The van der Waals surface area contributed by atoms with E-state index in [4.69, 9.17) is 4.42 Å². The Labute approximate surface area is 168 Å². The van der Waals surface area contributed by atoms with Crippen molar-refractivity contribution >= 4 is 21.6 Å². The van der Waals surface area contributed by atoms with E-state index in [0.717, 1.165) is 11.1 Å². The van der Waals surface area contributed by atoms with Crippen molar-refractivity contribution in [2.45, 2.75) is 6.54 Å². The van der Waals surface area contributed by atoms with Crippen molar-refractivity contribution in [3.05, 3.63) is 94.4 Å². The molecule has 0 saturated heterocycles. The van der Waals surface area contributed by atoms with Gasteiger partial charge in [-0.05, 0) is 23.8 Å². The summed E-state index contributed by atoms with van der Waals surface area (Å²) in [5.74, 6) is -0.0545. The summed E-state index contributed by atoms with van der Waals surface area (Å²) in [6.07, 6.45) is 3.00. The molecule has 0 amide bonds. The summed E-state index contributed by atoms with van der Waals surface area (Å²) >= 11 is 1.45. The molecule has 0 unspecified atom stereocenters. The lowest BCUT2D eigenvalue weighted by atomic mass is 10.1. The molecular formula is C22H14FN3O2S. The zero-order chi connectivity index (χ0) is 19.8. The quantitative estimate of drug-likeness (QED) is 0.425. The number of hydrogen-bond donors (Lipinski definition) is 0. The molecular weight excluding hydrogens is 389 g/mol. The Kier molecular flexibility index (Phi) is 4.29. The average molecular weight is 403 g/mol. The molecule has 0 fully saturated rings. The molecule has 3 heterocycles. The first kappa shape index (κ1) is 17.5. The molecule has 142 valence electrons. The number of halogens is 1. The maximum Gasteiger partial charge on any atom is 0.263 e. The minimum atomic E-state index is -0.362. The first-order chi connectivity index (χ1) is 14.2. The number of oxazole rings is 1. The van der Waals surface area contributed by atoms with Crippen LogP contribution in [0.25, 0.3) is 32.8 Å². The number of thiophene rings is 1. The highest BCUT2D eigenvalue weighted by Gasteiger charge is 2.15. The number of aromatic nitrogens is 3. The highest BCUT2D eigenvalue weighted by Crippen LogP contribution is 2.30. The Morgan fingerprint density at radius 3 is 2.72 bits per heavy atom. The van der Waals surface area contributed by atoms with Crippen molar-refractivity contribution in [1.29, 1.82) is 0 Å². The molecule has 29 heavy (non-hydrogen) atoms. The Morgan fingerprint density at radius 1 is 1.07 bits per heavy atom. The summed E-state index contributed by atoms with van der Waals surface area (Å²) in [6.45, 7) is 0.213. The van der Waals surface area contributed by atoms with Gasteiger partial charge in [-0.1, -0.05) is 36.4 Å². The SMILES string of the molecule is O=c1c2c(-c3ccccc3)csc2ncn1Cc1coc(-c2cccc(F)c2)n1. The Morgan fingerprint density at radius 2 is 1.90 bits per heavy atom. The zero-order valence-corrected chi connectivity index (χ0v) is 15.9. The van der Waals surface area contributed by atoms with Gasteiger partial charge in [0.25, 0.3) is 5.56 Å². The predicted octanol–water partition coefficient (Wildman–Crippen LogP) is 4.97. The van der Waals surface area contributed by atoms with Gasteiger partial charge in [-0.2, -0.15) is 0 Å². The average Bonchev–Trinajstić information content (AvgIpc) is 3.38. The van der Waals surface area contributed by atoms with Crippen molar-refractivity contribution < 1.29 is 8.81 Å². The minimum absolute atomic E-state index is 0.134. The highest BCUT2D eigenvalue weighted by atomic mass is 32.1. The van der Waals surface area contributed by atoms with E-state index in [-0.39, 0.29) is 17.9 Å². The molecule has 2 aromatic carbocycles. The number of nitrogens with zero attached hydrogens (tertiary/aromatic N) is 3. The number of rotatable bonds is 4. The van der Waals surface area contributed by atoms with Crippen LogP contribution in [0.2, 0.25) is 0 Å². The lowest BCUT2D eigenvalue weighted by Gasteiger charge is -2.04. The van der Waals surface area contributed by atoms with Crippen LogP contribution < -0.4 is 5.56 Å². The van der Waals surface area contributed by atoms with Gasteiger partial charge in [0, 0.05) is 16.5 Å². The summed E-state index contributed by atoms with van der Waals surface area (Å²) in [5, 5.41) is 2.55. The molecule has 0 N–H and O–H groups in total. The van der Waals surface area contributed by atoms with Gasteiger partial charge < -0.3 is 4.42 Å². The van der Waals surface area contributed by atoms with Crippen molar-refractivity contribution in [2.24, 2.45) is 0 Å². The second-order valence-electron chi connectivity index (χ2n) is 6.53. The smallest absolute Gasteiger partial charge is 0.263 e. The normalized spacial score (nSPS) is 11.2. The van der Waals surface area contributed by atoms with Crippen LogP contribution in [-0.4, -0.2) is 14.5 Å². The molecule has 0 aliphatic heterocycles. The van der Waals surface area contributed by atoms with E-state index < -0.39 is 0 Å². The fourth-order valence-electron chi connectivity index (χ4n) is 3.22. The van der Waals surface area contributed by atoms with Gasteiger partial charge in [-0.3, -0.25) is 9.36 Å². The van der Waals surface area contributed by atoms with Gasteiger partial charge in [0.15, 0.2) is 0 Å². The molecule has 0 atom stereocenters. The predicted molar refractivity (Wildman–Crippen MR) is 110 cm³/mol. The molecule has 0 bridgehead atoms. The standard InChI is InChI=1S/C22H14FN3O2S/c23-16-8-4-7-15(9-16)20-25-17(11-28-20)10-26-13-24-21-19(22(26)27)18(12-29-21)14-5-2-1-3-6-14/h1-9,11-13H,10H2. The first-order valence-electron chi connectivity index (χ1n) is 8.91. The van der Waals surface area contributed by atoms with E-state index in [1.54, 1.807) is 12.1 Å². The number of fused-ring (bicyclic) bond motifs is 1. The van der Waals surface area contributed by atoms with Gasteiger partial charge in [0.2, 0.25) is 5.89 Å². The molecule has 5 nitrogen and oxygen atoms in total. The third-order valence-electron chi connectivity index (χ3n) is 4.60. The van der Waals surface area contributed by atoms with Crippen molar-refractivity contribution in [1.82, 2.24) is 14.5 Å². The molecule has 7 heteroatoms. The summed E-state index contributed by atoms with van der Waals surface area (Å²) in [6, 6.07) is 15.8.